The standard InChI is InChI=1S/C35H37ClN2O2/c1-2-11-33(26-36)38-23-10-17-30(35(40)25-32(37)24-27-12-5-3-6-13-27)16-9-18-34(39)31-21-19-29(20-22-31)28-14-7-4-8-15-28/h2-8,11-16,19-22,37H,9-10,17-18,23-26H2,1H3/b11-2+,30-16-,37-32?,38-33?. The van der Waals surface area contributed by atoms with Crippen LogP contribution in [0.4, 0.5) is 0 Å². The number of Topliss-reactive ketones (excluding diaryl/α,β-unsaturated/α-hetero) is 2. The third kappa shape index (κ3) is 10.3. The first-order chi connectivity index (χ1) is 19.5. The number of aliphatic imine (C=N–C) groups is 1. The third-order valence-electron chi connectivity index (χ3n) is 6.48. The number of nitrogens with zero attached hydrogens (tertiary/aromatic N) is 1. The molecule has 3 rings (SSSR count). The van der Waals surface area contributed by atoms with Crippen LogP contribution in [0.15, 0.2) is 114 Å². The molecule has 206 valence electrons. The average Bonchev–Trinajstić information content (AvgIpc) is 2.98. The van der Waals surface area contributed by atoms with E-state index in [0.29, 0.717) is 61.4 Å². The van der Waals surface area contributed by atoms with Crippen molar-refractivity contribution in [3.05, 3.63) is 120 Å². The lowest BCUT2D eigenvalue weighted by atomic mass is 9.96. The Kier molecular flexibility index (Phi) is 13.0. The minimum Gasteiger partial charge on any atom is -0.309 e. The van der Waals surface area contributed by atoms with Gasteiger partial charge in [0.05, 0.1) is 5.88 Å². The highest BCUT2D eigenvalue weighted by Crippen LogP contribution is 2.20. The molecule has 4 nitrogen and oxygen atoms in total. The molecule has 3 aromatic rings. The van der Waals surface area contributed by atoms with E-state index in [4.69, 9.17) is 17.0 Å². The van der Waals surface area contributed by atoms with Gasteiger partial charge in [-0.05, 0) is 54.5 Å². The van der Waals surface area contributed by atoms with Crippen molar-refractivity contribution in [2.45, 2.75) is 45.4 Å². The van der Waals surface area contributed by atoms with Gasteiger partial charge in [-0.1, -0.05) is 97.1 Å². The average molecular weight is 553 g/mol. The van der Waals surface area contributed by atoms with Crippen LogP contribution in [-0.2, 0) is 11.2 Å². The highest BCUT2D eigenvalue weighted by atomic mass is 35.5. The first-order valence-electron chi connectivity index (χ1n) is 13.7. The maximum Gasteiger partial charge on any atom is 0.164 e. The summed E-state index contributed by atoms with van der Waals surface area (Å²) in [6.45, 7) is 2.48. The van der Waals surface area contributed by atoms with Gasteiger partial charge in [0, 0.05) is 42.8 Å². The molecule has 0 aliphatic heterocycles. The minimum absolute atomic E-state index is 0.0437. The summed E-state index contributed by atoms with van der Waals surface area (Å²) in [4.78, 5) is 30.6. The third-order valence-corrected chi connectivity index (χ3v) is 6.76. The lowest BCUT2D eigenvalue weighted by Gasteiger charge is -2.09. The maximum absolute atomic E-state index is 13.2. The fourth-order valence-corrected chi connectivity index (χ4v) is 4.57. The van der Waals surface area contributed by atoms with E-state index in [1.54, 1.807) is 0 Å². The molecule has 0 aliphatic rings. The Morgan fingerprint density at radius 1 is 0.875 bits per heavy atom. The van der Waals surface area contributed by atoms with E-state index in [0.717, 1.165) is 22.4 Å². The first-order valence-corrected chi connectivity index (χ1v) is 14.3. The quantitative estimate of drug-likeness (QED) is 0.0636. The van der Waals surface area contributed by atoms with Gasteiger partial charge in [-0.2, -0.15) is 0 Å². The number of halogens is 1. The largest absolute Gasteiger partial charge is 0.309 e. The predicted molar refractivity (Wildman–Crippen MR) is 168 cm³/mol. The molecule has 0 spiro atoms. The van der Waals surface area contributed by atoms with Crippen molar-refractivity contribution < 1.29 is 9.59 Å². The number of hydrogen-bond donors (Lipinski definition) is 1. The van der Waals surface area contributed by atoms with E-state index < -0.39 is 0 Å². The summed E-state index contributed by atoms with van der Waals surface area (Å²) in [5.74, 6) is 0.328. The molecule has 0 fully saturated rings. The first kappa shape index (κ1) is 30.6. The van der Waals surface area contributed by atoms with E-state index in [1.807, 2.05) is 110 Å². The topological polar surface area (TPSA) is 70.3 Å². The SMILES string of the molecule is C/C=C/C(CCl)=NCCC/C(=C/CCC(=O)c1ccc(-c2ccccc2)cc1)C(=O)CC(=N)Cc1ccccc1. The van der Waals surface area contributed by atoms with Crippen LogP contribution in [-0.4, -0.2) is 35.4 Å². The summed E-state index contributed by atoms with van der Waals surface area (Å²) in [5.41, 5.74) is 5.72. The predicted octanol–water partition coefficient (Wildman–Crippen LogP) is 8.50. The van der Waals surface area contributed by atoms with Crippen LogP contribution in [0, 0.1) is 5.41 Å². The van der Waals surface area contributed by atoms with E-state index in [-0.39, 0.29) is 18.0 Å². The van der Waals surface area contributed by atoms with E-state index in [9.17, 15) is 9.59 Å². The Bertz CT molecular complexity index is 1340. The van der Waals surface area contributed by atoms with Crippen LogP contribution >= 0.6 is 11.6 Å². The Balaban J connectivity index is 1.62. The van der Waals surface area contributed by atoms with Gasteiger partial charge in [0.25, 0.3) is 0 Å². The van der Waals surface area contributed by atoms with E-state index >= 15 is 0 Å². The highest BCUT2D eigenvalue weighted by Gasteiger charge is 2.14. The van der Waals surface area contributed by atoms with Crippen molar-refractivity contribution in [2.75, 3.05) is 12.4 Å². The zero-order valence-electron chi connectivity index (χ0n) is 23.1. The van der Waals surface area contributed by atoms with Gasteiger partial charge in [-0.15, -0.1) is 11.6 Å². The second kappa shape index (κ2) is 16.9. The molecule has 0 atom stereocenters. The summed E-state index contributed by atoms with van der Waals surface area (Å²) < 4.78 is 0. The summed E-state index contributed by atoms with van der Waals surface area (Å²) in [7, 11) is 0. The van der Waals surface area contributed by atoms with Crippen molar-refractivity contribution in [1.82, 2.24) is 0 Å². The summed E-state index contributed by atoms with van der Waals surface area (Å²) in [6.07, 6.45) is 8.22. The molecule has 0 radical (unpaired) electrons. The molecule has 0 amide bonds. The highest BCUT2D eigenvalue weighted by molar-refractivity contribution is 6.30. The molecule has 0 unspecified atom stereocenters. The number of ketones is 2. The molecule has 5 heteroatoms. The normalized spacial score (nSPS) is 12.1. The van der Waals surface area contributed by atoms with Gasteiger partial charge >= 0.3 is 0 Å². The van der Waals surface area contributed by atoms with Crippen molar-refractivity contribution >= 4 is 34.6 Å². The molecule has 0 saturated carbocycles. The second-order valence-corrected chi connectivity index (χ2v) is 9.88. The van der Waals surface area contributed by atoms with E-state index in [2.05, 4.69) is 4.99 Å². The van der Waals surface area contributed by atoms with Gasteiger partial charge in [0.1, 0.15) is 0 Å². The van der Waals surface area contributed by atoms with Crippen molar-refractivity contribution in [3.8, 4) is 11.1 Å². The fourth-order valence-electron chi connectivity index (χ4n) is 4.39. The lowest BCUT2D eigenvalue weighted by molar-refractivity contribution is -0.114. The van der Waals surface area contributed by atoms with Gasteiger partial charge < -0.3 is 5.41 Å². The zero-order valence-corrected chi connectivity index (χ0v) is 23.9. The summed E-state index contributed by atoms with van der Waals surface area (Å²) >= 11 is 5.95. The number of hydrogen-bond acceptors (Lipinski definition) is 4. The molecule has 0 saturated heterocycles. The molecule has 0 aromatic heterocycles. The molecular formula is C35H37ClN2O2. The van der Waals surface area contributed by atoms with Gasteiger partial charge in [0.15, 0.2) is 11.6 Å². The van der Waals surface area contributed by atoms with Crippen molar-refractivity contribution in [1.29, 1.82) is 5.41 Å². The lowest BCUT2D eigenvalue weighted by Crippen LogP contribution is -2.12. The number of carbonyl (C=O) groups is 2. The van der Waals surface area contributed by atoms with Crippen molar-refractivity contribution in [2.24, 2.45) is 4.99 Å². The number of alkyl halides is 1. The summed E-state index contributed by atoms with van der Waals surface area (Å²) in [5, 5.41) is 8.38. The summed E-state index contributed by atoms with van der Waals surface area (Å²) in [6, 6.07) is 27.5. The Morgan fingerprint density at radius 3 is 2.17 bits per heavy atom. The van der Waals surface area contributed by atoms with Crippen LogP contribution in [0.3, 0.4) is 0 Å². The number of benzene rings is 3. The van der Waals surface area contributed by atoms with Crippen LogP contribution < -0.4 is 0 Å². The maximum atomic E-state index is 13.2. The number of rotatable bonds is 16. The molecule has 3 aromatic carbocycles. The molecule has 40 heavy (non-hydrogen) atoms. The Labute approximate surface area is 243 Å². The van der Waals surface area contributed by atoms with Crippen LogP contribution in [0.25, 0.3) is 11.1 Å². The fraction of sp³-hybridized carbons (Fsp3) is 0.257. The molecular weight excluding hydrogens is 516 g/mol. The smallest absolute Gasteiger partial charge is 0.164 e. The number of nitrogens with one attached hydrogen (secondary N) is 1. The Hall–Kier alpha value is -3.89. The molecule has 0 heterocycles. The Morgan fingerprint density at radius 2 is 1.52 bits per heavy atom. The van der Waals surface area contributed by atoms with E-state index in [1.165, 1.54) is 0 Å². The minimum atomic E-state index is -0.0596. The molecule has 0 aliphatic carbocycles. The van der Waals surface area contributed by atoms with Gasteiger partial charge in [-0.3, -0.25) is 14.6 Å². The number of allylic oxidation sites excluding steroid dienone is 4. The van der Waals surface area contributed by atoms with Crippen LogP contribution in [0.2, 0.25) is 0 Å². The van der Waals surface area contributed by atoms with Crippen LogP contribution in [0.5, 0.6) is 0 Å². The molecule has 1 N–H and O–H groups in total. The molecule has 0 bridgehead atoms. The zero-order chi connectivity index (χ0) is 28.6. The second-order valence-electron chi connectivity index (χ2n) is 9.61. The van der Waals surface area contributed by atoms with Crippen LogP contribution in [0.1, 0.15) is 54.9 Å². The number of carbonyl (C=O) groups excluding carboxylic acids is 2. The van der Waals surface area contributed by atoms with Gasteiger partial charge in [-0.25, -0.2) is 0 Å². The van der Waals surface area contributed by atoms with Gasteiger partial charge in [0.2, 0.25) is 0 Å². The monoisotopic (exact) mass is 552 g/mol. The van der Waals surface area contributed by atoms with Crippen molar-refractivity contribution in [3.63, 3.8) is 0 Å².